The van der Waals surface area contributed by atoms with Crippen molar-refractivity contribution in [1.82, 2.24) is 9.80 Å². The Hall–Kier alpha value is -2.93. The van der Waals surface area contributed by atoms with E-state index in [4.69, 9.17) is 9.47 Å². The van der Waals surface area contributed by atoms with Crippen molar-refractivity contribution in [3.05, 3.63) is 59.4 Å². The van der Waals surface area contributed by atoms with Gasteiger partial charge >= 0.3 is 0 Å². The average Bonchev–Trinajstić information content (AvgIpc) is 2.75. The normalized spacial score (nSPS) is 19.4. The SMILES string of the molecule is COc1cccc(OCC(=O)N2C[C@H](C)N(Cc3ccc(F)cc3)C[C@H]2C)c1C=O. The molecule has 3 rings (SSSR count). The topological polar surface area (TPSA) is 59.1 Å². The van der Waals surface area contributed by atoms with Crippen LogP contribution in [-0.4, -0.2) is 60.9 Å². The molecule has 0 unspecified atom stereocenters. The van der Waals surface area contributed by atoms with Crippen LogP contribution in [0.1, 0.15) is 29.8 Å². The standard InChI is InChI=1S/C23H27FN2O4/c1-16-12-26(17(2)11-25(16)13-18-7-9-19(24)10-8-18)23(28)15-30-22-6-4-5-21(29-3)20(22)14-27/h4-10,14,16-17H,11-13,15H2,1-3H3/t16-,17+/m0/s1. The second-order valence-electron chi connectivity index (χ2n) is 7.58. The first-order valence-corrected chi connectivity index (χ1v) is 9.96. The molecule has 0 spiro atoms. The number of carbonyl (C=O) groups excluding carboxylic acids is 2. The van der Waals surface area contributed by atoms with Crippen molar-refractivity contribution in [3.8, 4) is 11.5 Å². The summed E-state index contributed by atoms with van der Waals surface area (Å²) in [6.45, 7) is 5.92. The van der Waals surface area contributed by atoms with E-state index < -0.39 is 0 Å². The summed E-state index contributed by atoms with van der Waals surface area (Å²) in [5, 5.41) is 0. The number of methoxy groups -OCH3 is 1. The van der Waals surface area contributed by atoms with Crippen LogP contribution in [0.25, 0.3) is 0 Å². The van der Waals surface area contributed by atoms with E-state index in [9.17, 15) is 14.0 Å². The van der Waals surface area contributed by atoms with Crippen molar-refractivity contribution in [2.45, 2.75) is 32.5 Å². The van der Waals surface area contributed by atoms with Gasteiger partial charge in [0.15, 0.2) is 12.9 Å². The van der Waals surface area contributed by atoms with Crippen molar-refractivity contribution < 1.29 is 23.5 Å². The largest absolute Gasteiger partial charge is 0.496 e. The van der Waals surface area contributed by atoms with Crippen molar-refractivity contribution in [2.75, 3.05) is 26.8 Å². The molecule has 2 atom stereocenters. The van der Waals surface area contributed by atoms with Gasteiger partial charge < -0.3 is 14.4 Å². The Balaban J connectivity index is 1.60. The number of benzene rings is 2. The zero-order chi connectivity index (χ0) is 21.7. The highest BCUT2D eigenvalue weighted by Crippen LogP contribution is 2.26. The molecule has 1 amide bonds. The van der Waals surface area contributed by atoms with Crippen LogP contribution in [0.4, 0.5) is 4.39 Å². The lowest BCUT2D eigenvalue weighted by Gasteiger charge is -2.44. The maximum atomic E-state index is 13.1. The second kappa shape index (κ2) is 9.71. The van der Waals surface area contributed by atoms with Gasteiger partial charge in [-0.25, -0.2) is 4.39 Å². The van der Waals surface area contributed by atoms with Crippen LogP contribution in [0.2, 0.25) is 0 Å². The number of aldehydes is 1. The Morgan fingerprint density at radius 2 is 1.80 bits per heavy atom. The number of halogens is 1. The molecule has 1 heterocycles. The molecule has 2 aromatic rings. The minimum atomic E-state index is -0.246. The van der Waals surface area contributed by atoms with Crippen molar-refractivity contribution in [1.29, 1.82) is 0 Å². The van der Waals surface area contributed by atoms with E-state index in [2.05, 4.69) is 11.8 Å². The van der Waals surface area contributed by atoms with E-state index in [1.165, 1.54) is 19.2 Å². The summed E-state index contributed by atoms with van der Waals surface area (Å²) in [5.74, 6) is 0.361. The number of carbonyl (C=O) groups is 2. The molecule has 0 N–H and O–H groups in total. The molecule has 1 aliphatic heterocycles. The minimum absolute atomic E-state index is 0.00796. The fourth-order valence-electron chi connectivity index (χ4n) is 3.76. The predicted molar refractivity (Wildman–Crippen MR) is 111 cm³/mol. The molecule has 7 heteroatoms. The lowest BCUT2D eigenvalue weighted by atomic mass is 10.1. The minimum Gasteiger partial charge on any atom is -0.496 e. The molecule has 0 radical (unpaired) electrons. The Morgan fingerprint density at radius 3 is 2.47 bits per heavy atom. The Labute approximate surface area is 176 Å². The molecule has 2 aromatic carbocycles. The fraction of sp³-hybridized carbons (Fsp3) is 0.391. The second-order valence-corrected chi connectivity index (χ2v) is 7.58. The van der Waals surface area contributed by atoms with E-state index in [-0.39, 0.29) is 30.4 Å². The molecule has 6 nitrogen and oxygen atoms in total. The number of amides is 1. The van der Waals surface area contributed by atoms with Gasteiger partial charge in [-0.15, -0.1) is 0 Å². The molecule has 1 fully saturated rings. The maximum absolute atomic E-state index is 13.1. The highest BCUT2D eigenvalue weighted by atomic mass is 19.1. The van der Waals surface area contributed by atoms with Crippen LogP contribution in [0.15, 0.2) is 42.5 Å². The van der Waals surface area contributed by atoms with Crippen molar-refractivity contribution in [2.24, 2.45) is 0 Å². The highest BCUT2D eigenvalue weighted by molar-refractivity contribution is 5.84. The van der Waals surface area contributed by atoms with Crippen LogP contribution in [0.3, 0.4) is 0 Å². The smallest absolute Gasteiger partial charge is 0.260 e. The molecule has 0 aliphatic carbocycles. The quantitative estimate of drug-likeness (QED) is 0.652. The zero-order valence-electron chi connectivity index (χ0n) is 17.5. The van der Waals surface area contributed by atoms with Gasteiger partial charge in [-0.3, -0.25) is 14.5 Å². The summed E-state index contributed by atoms with van der Waals surface area (Å²) < 4.78 is 24.0. The summed E-state index contributed by atoms with van der Waals surface area (Å²) in [6.07, 6.45) is 0.664. The molecule has 0 bridgehead atoms. The van der Waals surface area contributed by atoms with Gasteiger partial charge in [0.1, 0.15) is 17.3 Å². The van der Waals surface area contributed by atoms with Crippen LogP contribution < -0.4 is 9.47 Å². The first-order valence-electron chi connectivity index (χ1n) is 9.96. The maximum Gasteiger partial charge on any atom is 0.260 e. The van der Waals surface area contributed by atoms with Crippen LogP contribution in [0.5, 0.6) is 11.5 Å². The van der Waals surface area contributed by atoms with Gasteiger partial charge in [0.25, 0.3) is 5.91 Å². The molecular formula is C23H27FN2O4. The summed E-state index contributed by atoms with van der Waals surface area (Å²) in [6, 6.07) is 11.7. The third-order valence-electron chi connectivity index (χ3n) is 5.45. The van der Waals surface area contributed by atoms with Crippen LogP contribution >= 0.6 is 0 Å². The number of ether oxygens (including phenoxy) is 2. The monoisotopic (exact) mass is 414 g/mol. The highest BCUT2D eigenvalue weighted by Gasteiger charge is 2.32. The third-order valence-corrected chi connectivity index (χ3v) is 5.45. The third kappa shape index (κ3) is 4.97. The Bertz CT molecular complexity index is 887. The fourth-order valence-corrected chi connectivity index (χ4v) is 3.76. The van der Waals surface area contributed by atoms with Crippen molar-refractivity contribution >= 4 is 12.2 Å². The summed E-state index contributed by atoms with van der Waals surface area (Å²) in [7, 11) is 1.48. The molecule has 0 aromatic heterocycles. The van der Waals surface area contributed by atoms with E-state index in [0.717, 1.165) is 5.56 Å². The van der Waals surface area contributed by atoms with Crippen LogP contribution in [-0.2, 0) is 11.3 Å². The average molecular weight is 414 g/mol. The molecular weight excluding hydrogens is 387 g/mol. The Morgan fingerprint density at radius 1 is 1.10 bits per heavy atom. The van der Waals surface area contributed by atoms with Gasteiger partial charge in [0.2, 0.25) is 0 Å². The van der Waals surface area contributed by atoms with Crippen molar-refractivity contribution in [3.63, 3.8) is 0 Å². The first kappa shape index (κ1) is 21.8. The summed E-state index contributed by atoms with van der Waals surface area (Å²) >= 11 is 0. The van der Waals surface area contributed by atoms with Crippen LogP contribution in [0, 0.1) is 5.82 Å². The lowest BCUT2D eigenvalue weighted by molar-refractivity contribution is -0.139. The van der Waals surface area contributed by atoms with Gasteiger partial charge in [-0.1, -0.05) is 18.2 Å². The summed E-state index contributed by atoms with van der Waals surface area (Å²) in [5.41, 5.74) is 1.33. The molecule has 1 aliphatic rings. The Kier molecular flexibility index (Phi) is 7.05. The molecule has 0 saturated carbocycles. The van der Waals surface area contributed by atoms with Gasteiger partial charge in [0.05, 0.1) is 12.7 Å². The van der Waals surface area contributed by atoms with E-state index in [1.807, 2.05) is 11.8 Å². The van der Waals surface area contributed by atoms with Gasteiger partial charge in [-0.05, 0) is 43.7 Å². The van der Waals surface area contributed by atoms with E-state index in [1.54, 1.807) is 30.3 Å². The molecule has 160 valence electrons. The molecule has 30 heavy (non-hydrogen) atoms. The van der Waals surface area contributed by atoms with E-state index >= 15 is 0 Å². The number of piperazine rings is 1. The van der Waals surface area contributed by atoms with Gasteiger partial charge in [-0.2, -0.15) is 0 Å². The summed E-state index contributed by atoms with van der Waals surface area (Å²) in [4.78, 5) is 28.3. The predicted octanol–water partition coefficient (Wildman–Crippen LogP) is 3.15. The molecule has 1 saturated heterocycles. The number of rotatable bonds is 7. The number of nitrogens with zero attached hydrogens (tertiary/aromatic N) is 2. The zero-order valence-corrected chi connectivity index (χ0v) is 17.5. The van der Waals surface area contributed by atoms with E-state index in [0.29, 0.717) is 43.0 Å². The van der Waals surface area contributed by atoms with Gasteiger partial charge in [0, 0.05) is 31.7 Å². The number of hydrogen-bond donors (Lipinski definition) is 0. The lowest BCUT2D eigenvalue weighted by Crippen LogP contribution is -2.58. The number of hydrogen-bond acceptors (Lipinski definition) is 5. The first-order chi connectivity index (χ1) is 14.4.